The molecule has 84 valence electrons. The minimum atomic E-state index is 1.01. The van der Waals surface area contributed by atoms with E-state index in [1.54, 1.807) is 0 Å². The summed E-state index contributed by atoms with van der Waals surface area (Å²) < 4.78 is 0. The molecule has 0 unspecified atom stereocenters. The van der Waals surface area contributed by atoms with E-state index in [4.69, 9.17) is 0 Å². The maximum absolute atomic E-state index is 4.31. The summed E-state index contributed by atoms with van der Waals surface area (Å²) in [4.78, 5) is 4.31. The highest BCUT2D eigenvalue weighted by Gasteiger charge is 2.10. The fourth-order valence-electron chi connectivity index (χ4n) is 2.11. The quantitative estimate of drug-likeness (QED) is 0.799. The third-order valence-corrected chi connectivity index (χ3v) is 2.99. The molecule has 2 nitrogen and oxygen atoms in total. The zero-order chi connectivity index (χ0) is 11.5. The predicted molar refractivity (Wildman–Crippen MR) is 70.6 cm³/mol. The van der Waals surface area contributed by atoms with Gasteiger partial charge < -0.3 is 5.32 Å². The fraction of sp³-hybridized carbons (Fsp3) is 0.133. The molecule has 3 rings (SSSR count). The third kappa shape index (κ3) is 2.21. The summed E-state index contributed by atoms with van der Waals surface area (Å²) in [6.45, 7) is 0. The van der Waals surface area contributed by atoms with E-state index in [9.17, 15) is 0 Å². The topological polar surface area (TPSA) is 24.9 Å². The van der Waals surface area contributed by atoms with E-state index in [2.05, 4.69) is 40.6 Å². The van der Waals surface area contributed by atoms with Crippen LogP contribution in [0.3, 0.4) is 0 Å². The standard InChI is InChI=1S/C15H14N2/c1-2-7-15-12(5-1)8-9-14(17-15)11-13-6-3-4-10-16-13/h1-7,10-11,17H,8-9H2. The number of benzene rings is 1. The van der Waals surface area contributed by atoms with Crippen molar-refractivity contribution in [3.8, 4) is 0 Å². The van der Waals surface area contributed by atoms with Gasteiger partial charge in [-0.1, -0.05) is 24.3 Å². The van der Waals surface area contributed by atoms with E-state index in [-0.39, 0.29) is 0 Å². The molecule has 0 aliphatic carbocycles. The summed E-state index contributed by atoms with van der Waals surface area (Å²) >= 11 is 0. The lowest BCUT2D eigenvalue weighted by Gasteiger charge is -2.20. The molecule has 0 fully saturated rings. The van der Waals surface area contributed by atoms with Crippen LogP contribution in [0.4, 0.5) is 5.69 Å². The number of hydrogen-bond acceptors (Lipinski definition) is 2. The van der Waals surface area contributed by atoms with E-state index in [1.807, 2.05) is 24.4 Å². The second-order valence-corrected chi connectivity index (χ2v) is 4.21. The Hall–Kier alpha value is -2.09. The molecular formula is C15H14N2. The average Bonchev–Trinajstić information content (AvgIpc) is 2.40. The molecule has 0 radical (unpaired) electrons. The number of hydrogen-bond donors (Lipinski definition) is 1. The van der Waals surface area contributed by atoms with Crippen LogP contribution in [0.25, 0.3) is 6.08 Å². The van der Waals surface area contributed by atoms with Crippen molar-refractivity contribution in [3.05, 3.63) is 65.6 Å². The summed E-state index contributed by atoms with van der Waals surface area (Å²) in [7, 11) is 0. The number of anilines is 1. The number of pyridine rings is 1. The molecule has 1 aromatic carbocycles. The van der Waals surface area contributed by atoms with E-state index in [1.165, 1.54) is 16.9 Å². The maximum atomic E-state index is 4.31. The first-order valence-corrected chi connectivity index (χ1v) is 5.88. The largest absolute Gasteiger partial charge is 0.359 e. The van der Waals surface area contributed by atoms with Gasteiger partial charge in [0.2, 0.25) is 0 Å². The summed E-state index contributed by atoms with van der Waals surface area (Å²) in [5.41, 5.74) is 4.86. The van der Waals surface area contributed by atoms with Crippen LogP contribution in [-0.4, -0.2) is 4.98 Å². The van der Waals surface area contributed by atoms with Crippen molar-refractivity contribution in [1.29, 1.82) is 0 Å². The van der Waals surface area contributed by atoms with Crippen molar-refractivity contribution < 1.29 is 0 Å². The highest BCUT2D eigenvalue weighted by Crippen LogP contribution is 2.26. The summed E-state index contributed by atoms with van der Waals surface area (Å²) in [5, 5.41) is 3.47. The molecule has 0 atom stereocenters. The molecule has 0 amide bonds. The molecule has 2 aromatic rings. The van der Waals surface area contributed by atoms with Crippen molar-refractivity contribution in [1.82, 2.24) is 4.98 Å². The first-order chi connectivity index (χ1) is 8.42. The van der Waals surface area contributed by atoms with Gasteiger partial charge in [0.05, 0.1) is 5.69 Å². The summed E-state index contributed by atoms with van der Waals surface area (Å²) in [6.07, 6.45) is 6.09. The zero-order valence-electron chi connectivity index (χ0n) is 9.56. The number of rotatable bonds is 1. The van der Waals surface area contributed by atoms with Crippen molar-refractivity contribution in [2.75, 3.05) is 5.32 Å². The van der Waals surface area contributed by atoms with Crippen LogP contribution in [-0.2, 0) is 6.42 Å². The second kappa shape index (κ2) is 4.42. The van der Waals surface area contributed by atoms with Gasteiger partial charge in [-0.15, -0.1) is 0 Å². The molecule has 0 saturated carbocycles. The molecule has 0 saturated heterocycles. The molecule has 1 aliphatic rings. The van der Waals surface area contributed by atoms with Gasteiger partial charge in [0, 0.05) is 17.6 Å². The van der Waals surface area contributed by atoms with Gasteiger partial charge in [-0.2, -0.15) is 0 Å². The molecule has 0 spiro atoms. The van der Waals surface area contributed by atoms with Crippen molar-refractivity contribution in [2.24, 2.45) is 0 Å². The van der Waals surface area contributed by atoms with Gasteiger partial charge in [-0.3, -0.25) is 4.98 Å². The highest BCUT2D eigenvalue weighted by atomic mass is 14.9. The van der Waals surface area contributed by atoms with Crippen LogP contribution in [0, 0.1) is 0 Å². The zero-order valence-corrected chi connectivity index (χ0v) is 9.56. The fourth-order valence-corrected chi connectivity index (χ4v) is 2.11. The number of nitrogens with zero attached hydrogens (tertiary/aromatic N) is 1. The summed E-state index contributed by atoms with van der Waals surface area (Å²) in [5.74, 6) is 0. The molecule has 1 N–H and O–H groups in total. The second-order valence-electron chi connectivity index (χ2n) is 4.21. The van der Waals surface area contributed by atoms with Crippen LogP contribution in [0.2, 0.25) is 0 Å². The maximum Gasteiger partial charge on any atom is 0.0646 e. The van der Waals surface area contributed by atoms with Crippen LogP contribution in [0.15, 0.2) is 54.4 Å². The SMILES string of the molecule is C(=C1CCc2ccccc2N1)c1ccccn1. The van der Waals surface area contributed by atoms with Gasteiger partial charge in [0.15, 0.2) is 0 Å². The predicted octanol–water partition coefficient (Wildman–Crippen LogP) is 3.48. The van der Waals surface area contributed by atoms with Gasteiger partial charge in [-0.05, 0) is 42.7 Å². The number of allylic oxidation sites excluding steroid dienone is 1. The van der Waals surface area contributed by atoms with E-state index >= 15 is 0 Å². The minimum absolute atomic E-state index is 1.01. The molecule has 1 aromatic heterocycles. The smallest absolute Gasteiger partial charge is 0.0646 e. The molecule has 0 bridgehead atoms. The first kappa shape index (κ1) is 10.1. The summed E-state index contributed by atoms with van der Waals surface area (Å²) in [6, 6.07) is 14.4. The Balaban J connectivity index is 1.87. The van der Waals surface area contributed by atoms with E-state index in [0.29, 0.717) is 0 Å². The van der Waals surface area contributed by atoms with Crippen LogP contribution < -0.4 is 5.32 Å². The van der Waals surface area contributed by atoms with Gasteiger partial charge in [-0.25, -0.2) is 0 Å². The van der Waals surface area contributed by atoms with E-state index in [0.717, 1.165) is 18.5 Å². The molecule has 2 heterocycles. The molecule has 2 heteroatoms. The lowest BCUT2D eigenvalue weighted by Crippen LogP contribution is -2.09. The van der Waals surface area contributed by atoms with Crippen molar-refractivity contribution in [3.63, 3.8) is 0 Å². The van der Waals surface area contributed by atoms with Gasteiger partial charge in [0.25, 0.3) is 0 Å². The Morgan fingerprint density at radius 2 is 1.88 bits per heavy atom. The van der Waals surface area contributed by atoms with Crippen molar-refractivity contribution in [2.45, 2.75) is 12.8 Å². The number of aryl methyl sites for hydroxylation is 1. The molecular weight excluding hydrogens is 208 g/mol. The van der Waals surface area contributed by atoms with Crippen molar-refractivity contribution >= 4 is 11.8 Å². The molecule has 17 heavy (non-hydrogen) atoms. The number of nitrogens with one attached hydrogen (secondary N) is 1. The third-order valence-electron chi connectivity index (χ3n) is 2.99. The van der Waals surface area contributed by atoms with Gasteiger partial charge >= 0.3 is 0 Å². The first-order valence-electron chi connectivity index (χ1n) is 5.88. The number of aromatic nitrogens is 1. The lowest BCUT2D eigenvalue weighted by molar-refractivity contribution is 0.920. The van der Waals surface area contributed by atoms with E-state index < -0.39 is 0 Å². The Kier molecular flexibility index (Phi) is 2.62. The minimum Gasteiger partial charge on any atom is -0.359 e. The van der Waals surface area contributed by atoms with Crippen LogP contribution in [0.5, 0.6) is 0 Å². The molecule has 1 aliphatic heterocycles. The normalized spacial score (nSPS) is 16.4. The Morgan fingerprint density at radius 3 is 2.76 bits per heavy atom. The van der Waals surface area contributed by atoms with Gasteiger partial charge in [0.1, 0.15) is 0 Å². The lowest BCUT2D eigenvalue weighted by atomic mass is 10.0. The number of para-hydroxylation sites is 1. The highest BCUT2D eigenvalue weighted by molar-refractivity contribution is 5.63. The Morgan fingerprint density at radius 1 is 1.00 bits per heavy atom. The van der Waals surface area contributed by atoms with Crippen LogP contribution in [0.1, 0.15) is 17.7 Å². The Labute approximate surface area is 101 Å². The monoisotopic (exact) mass is 222 g/mol. The Bertz CT molecular complexity index is 544. The average molecular weight is 222 g/mol. The number of fused-ring (bicyclic) bond motifs is 1. The van der Waals surface area contributed by atoms with Crippen LogP contribution >= 0.6 is 0 Å².